The molecule has 3 aromatic heterocycles. The lowest BCUT2D eigenvalue weighted by molar-refractivity contribution is 0.588. The lowest BCUT2D eigenvalue weighted by Crippen LogP contribution is -2.25. The van der Waals surface area contributed by atoms with Crippen LogP contribution in [0.5, 0.6) is 0 Å². The highest BCUT2D eigenvalue weighted by Gasteiger charge is 2.42. The van der Waals surface area contributed by atoms with Crippen LogP contribution in [0.15, 0.2) is 121 Å². The molecule has 5 heterocycles. The average Bonchev–Trinajstić information content (AvgIpc) is 3.85. The number of nitrogens with zero attached hydrogens (tertiary/aromatic N) is 3. The summed E-state index contributed by atoms with van der Waals surface area (Å²) in [6.45, 7) is 28.3. The second-order valence-electron chi connectivity index (χ2n) is 22.7. The first-order valence-electron chi connectivity index (χ1n) is 22.7. The SMILES string of the molecule is CC(C)(C)c1ccc2c(c1)c1cc(C(C)(C)C)cc3c1n2-c1ccc(-n2c4ccccc4c4ccccc42)c2c1C3c1cc(C(C)(C)C)cc3c4cc(C(C)(C)C)ccc4n-2c13. The Morgan fingerprint density at radius 3 is 1.23 bits per heavy atom. The van der Waals surface area contributed by atoms with Gasteiger partial charge in [-0.2, -0.15) is 0 Å². The van der Waals surface area contributed by atoms with Gasteiger partial charge in [-0.1, -0.05) is 144 Å². The van der Waals surface area contributed by atoms with Crippen molar-refractivity contribution in [2.45, 2.75) is 111 Å². The van der Waals surface area contributed by atoms with Gasteiger partial charge in [0.1, 0.15) is 0 Å². The Balaban J connectivity index is 1.34. The molecule has 3 nitrogen and oxygen atoms in total. The third-order valence-electron chi connectivity index (χ3n) is 14.6. The molecule has 0 radical (unpaired) electrons. The molecular weight excluding hydrogens is 751 g/mol. The molecule has 3 heteroatoms. The Hall–Kier alpha value is -6.06. The Morgan fingerprint density at radius 2 is 0.742 bits per heavy atom. The lowest BCUT2D eigenvalue weighted by atomic mass is 9.74. The average molecular weight is 808 g/mol. The molecule has 2 aliphatic heterocycles. The number of benzene rings is 7. The number of hydrogen-bond acceptors (Lipinski definition) is 0. The predicted octanol–water partition coefficient (Wildman–Crippen LogP) is 16.0. The molecule has 0 fully saturated rings. The second kappa shape index (κ2) is 11.9. The Bertz CT molecular complexity index is 3550. The van der Waals surface area contributed by atoms with Gasteiger partial charge in [-0.3, -0.25) is 0 Å². The van der Waals surface area contributed by atoms with E-state index in [2.05, 4.69) is 218 Å². The minimum absolute atomic E-state index is 0.00830. The van der Waals surface area contributed by atoms with Gasteiger partial charge in [-0.25, -0.2) is 0 Å². The molecule has 0 N–H and O–H groups in total. The summed E-state index contributed by atoms with van der Waals surface area (Å²) in [6, 6.07) is 47.7. The van der Waals surface area contributed by atoms with E-state index in [1.54, 1.807) is 0 Å². The number of para-hydroxylation sites is 2. The highest BCUT2D eigenvalue weighted by molar-refractivity contribution is 6.17. The quantitative estimate of drug-likeness (QED) is 0.157. The van der Waals surface area contributed by atoms with Crippen molar-refractivity contribution >= 4 is 65.4 Å². The summed E-state index contributed by atoms with van der Waals surface area (Å²) in [7, 11) is 0. The van der Waals surface area contributed by atoms with Crippen molar-refractivity contribution in [3.8, 4) is 17.1 Å². The van der Waals surface area contributed by atoms with Crippen molar-refractivity contribution in [3.63, 3.8) is 0 Å². The molecule has 0 saturated carbocycles. The van der Waals surface area contributed by atoms with Gasteiger partial charge in [-0.05, 0) is 116 Å². The van der Waals surface area contributed by atoms with Gasteiger partial charge in [0.25, 0.3) is 0 Å². The van der Waals surface area contributed by atoms with E-state index < -0.39 is 0 Å². The Kier molecular flexibility index (Phi) is 7.23. The lowest BCUT2D eigenvalue weighted by Gasteiger charge is -2.38. The molecule has 62 heavy (non-hydrogen) atoms. The van der Waals surface area contributed by atoms with Crippen LogP contribution < -0.4 is 0 Å². The van der Waals surface area contributed by atoms with E-state index in [4.69, 9.17) is 0 Å². The van der Waals surface area contributed by atoms with Crippen LogP contribution >= 0.6 is 0 Å². The van der Waals surface area contributed by atoms with Gasteiger partial charge in [-0.15, -0.1) is 0 Å². The normalized spacial score (nSPS) is 15.3. The molecule has 0 amide bonds. The zero-order chi connectivity index (χ0) is 43.2. The molecule has 2 aliphatic rings. The largest absolute Gasteiger partial charge is 0.309 e. The monoisotopic (exact) mass is 807 g/mol. The topological polar surface area (TPSA) is 14.8 Å². The maximum Gasteiger partial charge on any atom is 0.0765 e. The van der Waals surface area contributed by atoms with Crippen molar-refractivity contribution < 1.29 is 0 Å². The summed E-state index contributed by atoms with van der Waals surface area (Å²) in [5.74, 6) is 0.0143. The molecule has 0 aliphatic carbocycles. The van der Waals surface area contributed by atoms with Crippen LogP contribution in [0, 0.1) is 0 Å². The van der Waals surface area contributed by atoms with Gasteiger partial charge in [0, 0.05) is 43.8 Å². The van der Waals surface area contributed by atoms with Crippen LogP contribution in [0.2, 0.25) is 0 Å². The molecule has 308 valence electrons. The summed E-state index contributed by atoms with van der Waals surface area (Å²) in [5.41, 5.74) is 21.1. The third-order valence-corrected chi connectivity index (χ3v) is 14.6. The van der Waals surface area contributed by atoms with Crippen molar-refractivity contribution in [2.24, 2.45) is 0 Å². The van der Waals surface area contributed by atoms with Crippen LogP contribution in [-0.4, -0.2) is 13.7 Å². The molecule has 10 aromatic rings. The molecule has 1 atom stereocenters. The van der Waals surface area contributed by atoms with Crippen molar-refractivity contribution in [1.82, 2.24) is 13.7 Å². The van der Waals surface area contributed by atoms with Crippen LogP contribution in [0.1, 0.15) is 128 Å². The zero-order valence-electron chi connectivity index (χ0n) is 38.5. The van der Waals surface area contributed by atoms with Crippen LogP contribution in [0.25, 0.3) is 82.5 Å². The smallest absolute Gasteiger partial charge is 0.0765 e. The Morgan fingerprint density at radius 1 is 0.339 bits per heavy atom. The molecular formula is C59H57N3. The van der Waals surface area contributed by atoms with Crippen molar-refractivity contribution in [3.05, 3.63) is 160 Å². The molecule has 1 unspecified atom stereocenters. The summed E-state index contributed by atoms with van der Waals surface area (Å²) in [6.07, 6.45) is 0. The van der Waals surface area contributed by atoms with Crippen molar-refractivity contribution in [2.75, 3.05) is 0 Å². The zero-order valence-corrected chi connectivity index (χ0v) is 38.5. The van der Waals surface area contributed by atoms with Crippen LogP contribution in [0.4, 0.5) is 0 Å². The maximum absolute atomic E-state index is 2.69. The molecule has 0 saturated heterocycles. The molecule has 0 spiro atoms. The first-order valence-corrected chi connectivity index (χ1v) is 22.7. The summed E-state index contributed by atoms with van der Waals surface area (Å²) in [4.78, 5) is 0. The van der Waals surface area contributed by atoms with E-state index in [-0.39, 0.29) is 27.6 Å². The summed E-state index contributed by atoms with van der Waals surface area (Å²) >= 11 is 0. The van der Waals surface area contributed by atoms with E-state index in [0.29, 0.717) is 0 Å². The third kappa shape index (κ3) is 4.94. The minimum Gasteiger partial charge on any atom is -0.309 e. The second-order valence-corrected chi connectivity index (χ2v) is 22.7. The summed E-state index contributed by atoms with van der Waals surface area (Å²) < 4.78 is 7.89. The fraction of sp³-hybridized carbons (Fsp3) is 0.288. The molecule has 12 rings (SSSR count). The fourth-order valence-corrected chi connectivity index (χ4v) is 11.2. The molecule has 0 bridgehead atoms. The maximum atomic E-state index is 2.69. The standard InChI is InChI=1S/C59H57N3/c1-56(2,3)33-21-23-47-39(27-33)41-29-35(58(7,8)9)31-43-51-44-32-36(59(10,11)12)30-42-40-28-34(57(4,5)6)22-24-48(40)62(54(42)44)55-50(26-25-49(52(51)55)61(47)53(41)43)60-45-19-15-13-17-37(45)38-18-14-16-20-46(38)60/h13-32,51H,1-12H3. The highest BCUT2D eigenvalue weighted by atomic mass is 15.1. The van der Waals surface area contributed by atoms with E-state index in [9.17, 15) is 0 Å². The van der Waals surface area contributed by atoms with Crippen LogP contribution in [0.3, 0.4) is 0 Å². The van der Waals surface area contributed by atoms with E-state index in [1.165, 1.54) is 121 Å². The number of fused-ring (bicyclic) bond motifs is 13. The van der Waals surface area contributed by atoms with E-state index in [0.717, 1.165) is 0 Å². The van der Waals surface area contributed by atoms with E-state index >= 15 is 0 Å². The van der Waals surface area contributed by atoms with Gasteiger partial charge < -0.3 is 13.7 Å². The van der Waals surface area contributed by atoms with Crippen LogP contribution in [-0.2, 0) is 21.7 Å². The van der Waals surface area contributed by atoms with Crippen molar-refractivity contribution in [1.29, 1.82) is 0 Å². The number of rotatable bonds is 1. The Labute approximate surface area is 365 Å². The predicted molar refractivity (Wildman–Crippen MR) is 265 cm³/mol. The van der Waals surface area contributed by atoms with E-state index in [1.807, 2.05) is 0 Å². The fourth-order valence-electron chi connectivity index (χ4n) is 11.2. The first-order chi connectivity index (χ1) is 29.3. The van der Waals surface area contributed by atoms with Gasteiger partial charge in [0.15, 0.2) is 0 Å². The van der Waals surface area contributed by atoms with Gasteiger partial charge in [0.2, 0.25) is 0 Å². The number of aromatic nitrogens is 3. The minimum atomic E-state index is -0.0514. The van der Waals surface area contributed by atoms with Gasteiger partial charge in [0.05, 0.1) is 50.2 Å². The number of hydrogen-bond donors (Lipinski definition) is 0. The summed E-state index contributed by atoms with van der Waals surface area (Å²) in [5, 5.41) is 7.93. The highest BCUT2D eigenvalue weighted by Crippen LogP contribution is 2.57. The molecule has 7 aromatic carbocycles. The first kappa shape index (κ1) is 37.7. The van der Waals surface area contributed by atoms with Gasteiger partial charge >= 0.3 is 0 Å².